The summed E-state index contributed by atoms with van der Waals surface area (Å²) >= 11 is 3.71. The molecule has 0 fully saturated rings. The van der Waals surface area contributed by atoms with Gasteiger partial charge in [0, 0.05) is 4.47 Å². The highest BCUT2D eigenvalue weighted by atomic mass is 79.9. The highest BCUT2D eigenvalue weighted by Gasteiger charge is 2.51. The lowest BCUT2D eigenvalue weighted by molar-refractivity contribution is 0.793. The van der Waals surface area contributed by atoms with Crippen LogP contribution in [-0.2, 0) is 5.41 Å². The molecule has 0 radical (unpaired) electrons. The summed E-state index contributed by atoms with van der Waals surface area (Å²) < 4.78 is 1.12. The molecule has 32 heavy (non-hydrogen) atoms. The van der Waals surface area contributed by atoms with Crippen LogP contribution in [0.5, 0.6) is 0 Å². The number of hydrogen-bond donors (Lipinski definition) is 0. The van der Waals surface area contributed by atoms with Crippen LogP contribution >= 0.6 is 15.9 Å². The average molecular weight is 471 g/mol. The van der Waals surface area contributed by atoms with Crippen molar-refractivity contribution in [2.24, 2.45) is 0 Å². The Balaban J connectivity index is 1.61. The lowest BCUT2D eigenvalue weighted by Crippen LogP contribution is -2.25. The van der Waals surface area contributed by atoms with Gasteiger partial charge in [0.1, 0.15) is 0 Å². The number of rotatable bonds is 1. The monoisotopic (exact) mass is 470 g/mol. The molecule has 5 aromatic rings. The van der Waals surface area contributed by atoms with Crippen LogP contribution in [0.1, 0.15) is 22.3 Å². The third-order valence-corrected chi connectivity index (χ3v) is 7.65. The summed E-state index contributed by atoms with van der Waals surface area (Å²) in [6.07, 6.45) is 0. The van der Waals surface area contributed by atoms with Crippen molar-refractivity contribution in [2.75, 3.05) is 0 Å². The lowest BCUT2D eigenvalue weighted by Gasteiger charge is -2.30. The van der Waals surface area contributed by atoms with E-state index in [0.29, 0.717) is 0 Å². The molecule has 1 atom stereocenters. The molecule has 0 heterocycles. The zero-order chi connectivity index (χ0) is 21.3. The van der Waals surface area contributed by atoms with Gasteiger partial charge in [-0.25, -0.2) is 0 Å². The fourth-order valence-corrected chi connectivity index (χ4v) is 6.29. The van der Waals surface area contributed by atoms with Crippen molar-refractivity contribution < 1.29 is 0 Å². The van der Waals surface area contributed by atoms with Crippen LogP contribution in [0.2, 0.25) is 0 Å². The van der Waals surface area contributed by atoms with Crippen LogP contribution in [0.25, 0.3) is 33.4 Å². The Hall–Kier alpha value is -3.42. The number of fused-ring (bicyclic) bond motifs is 10. The summed E-state index contributed by atoms with van der Waals surface area (Å²) in [7, 11) is 0. The van der Waals surface area contributed by atoms with E-state index in [2.05, 4.69) is 131 Å². The molecule has 7 rings (SSSR count). The zero-order valence-electron chi connectivity index (χ0n) is 17.3. The van der Waals surface area contributed by atoms with Crippen LogP contribution < -0.4 is 0 Å². The molecule has 5 aromatic carbocycles. The summed E-state index contributed by atoms with van der Waals surface area (Å²) in [4.78, 5) is 0. The molecule has 0 saturated heterocycles. The topological polar surface area (TPSA) is 0 Å². The fourth-order valence-electron chi connectivity index (χ4n) is 5.93. The third kappa shape index (κ3) is 2.22. The first-order valence-corrected chi connectivity index (χ1v) is 11.8. The highest BCUT2D eigenvalue weighted by Crippen LogP contribution is 2.63. The average Bonchev–Trinajstić information content (AvgIpc) is 3.31. The minimum atomic E-state index is -0.270. The zero-order valence-corrected chi connectivity index (χ0v) is 18.9. The quantitative estimate of drug-likeness (QED) is 0.225. The Morgan fingerprint density at radius 3 is 1.62 bits per heavy atom. The molecule has 1 heteroatoms. The Kier molecular flexibility index (Phi) is 3.72. The minimum absolute atomic E-state index is 0.270. The summed E-state index contributed by atoms with van der Waals surface area (Å²) in [5, 5.41) is 0. The molecular weight excluding hydrogens is 452 g/mol. The molecule has 0 nitrogen and oxygen atoms in total. The smallest absolute Gasteiger partial charge is 0.0622 e. The van der Waals surface area contributed by atoms with Crippen molar-refractivity contribution in [3.8, 4) is 33.4 Å². The van der Waals surface area contributed by atoms with Crippen LogP contribution in [0.15, 0.2) is 120 Å². The van der Waals surface area contributed by atoms with Crippen molar-refractivity contribution in [3.05, 3.63) is 142 Å². The van der Waals surface area contributed by atoms with Gasteiger partial charge in [-0.3, -0.25) is 0 Å². The van der Waals surface area contributed by atoms with Crippen LogP contribution in [0, 0.1) is 0 Å². The summed E-state index contributed by atoms with van der Waals surface area (Å²) in [6, 6.07) is 42.4. The van der Waals surface area contributed by atoms with E-state index < -0.39 is 0 Å². The van der Waals surface area contributed by atoms with Crippen LogP contribution in [-0.4, -0.2) is 0 Å². The van der Waals surface area contributed by atoms with E-state index in [1.807, 2.05) is 0 Å². The fraction of sp³-hybridized carbons (Fsp3) is 0.0323. The number of benzene rings is 5. The molecule has 0 bridgehead atoms. The van der Waals surface area contributed by atoms with Crippen molar-refractivity contribution in [3.63, 3.8) is 0 Å². The van der Waals surface area contributed by atoms with E-state index >= 15 is 0 Å². The van der Waals surface area contributed by atoms with Gasteiger partial charge in [0.2, 0.25) is 0 Å². The molecule has 2 aliphatic rings. The third-order valence-electron chi connectivity index (χ3n) is 7.16. The summed E-state index contributed by atoms with van der Waals surface area (Å²) in [6.45, 7) is 0. The Bertz CT molecular complexity index is 1530. The number of hydrogen-bond acceptors (Lipinski definition) is 0. The lowest BCUT2D eigenvalue weighted by atomic mass is 9.70. The van der Waals surface area contributed by atoms with Crippen molar-refractivity contribution in [1.82, 2.24) is 0 Å². The van der Waals surface area contributed by atoms with Crippen molar-refractivity contribution in [2.45, 2.75) is 5.41 Å². The van der Waals surface area contributed by atoms with Gasteiger partial charge in [0.05, 0.1) is 5.41 Å². The van der Waals surface area contributed by atoms with Gasteiger partial charge < -0.3 is 0 Å². The van der Waals surface area contributed by atoms with Gasteiger partial charge >= 0.3 is 0 Å². The molecule has 1 spiro atoms. The maximum absolute atomic E-state index is 3.71. The van der Waals surface area contributed by atoms with E-state index in [0.717, 1.165) is 4.47 Å². The molecule has 1 unspecified atom stereocenters. The predicted molar refractivity (Wildman–Crippen MR) is 136 cm³/mol. The van der Waals surface area contributed by atoms with Gasteiger partial charge in [-0.05, 0) is 73.8 Å². The minimum Gasteiger partial charge on any atom is -0.0622 e. The first-order chi connectivity index (χ1) is 15.8. The summed E-state index contributed by atoms with van der Waals surface area (Å²) in [5.74, 6) is 0. The van der Waals surface area contributed by atoms with Gasteiger partial charge in [0.15, 0.2) is 0 Å². The van der Waals surface area contributed by atoms with Crippen LogP contribution in [0.3, 0.4) is 0 Å². The largest absolute Gasteiger partial charge is 0.0725 e. The Morgan fingerprint density at radius 2 is 0.938 bits per heavy atom. The second kappa shape index (κ2) is 6.54. The van der Waals surface area contributed by atoms with E-state index in [-0.39, 0.29) is 5.41 Å². The number of halogens is 1. The molecule has 0 aliphatic heterocycles. The second-order valence-corrected chi connectivity index (χ2v) is 9.57. The van der Waals surface area contributed by atoms with E-state index in [4.69, 9.17) is 0 Å². The highest BCUT2D eigenvalue weighted by molar-refractivity contribution is 9.10. The maximum atomic E-state index is 3.71. The first-order valence-electron chi connectivity index (χ1n) is 11.0. The Morgan fingerprint density at radius 1 is 0.406 bits per heavy atom. The first kappa shape index (κ1) is 18.2. The molecule has 0 saturated carbocycles. The van der Waals surface area contributed by atoms with Gasteiger partial charge in [-0.15, -0.1) is 0 Å². The SMILES string of the molecule is Brc1ccc2c(c1)-c1ccccc1C21c2ccccc2-c2cc(-c3ccccc3)ccc21. The molecular formula is C31H19Br. The van der Waals surface area contributed by atoms with Crippen LogP contribution in [0.4, 0.5) is 0 Å². The van der Waals surface area contributed by atoms with E-state index in [9.17, 15) is 0 Å². The molecule has 150 valence electrons. The van der Waals surface area contributed by atoms with Crippen molar-refractivity contribution >= 4 is 15.9 Å². The second-order valence-electron chi connectivity index (χ2n) is 8.66. The van der Waals surface area contributed by atoms with Crippen molar-refractivity contribution in [1.29, 1.82) is 0 Å². The maximum Gasteiger partial charge on any atom is 0.0725 e. The predicted octanol–water partition coefficient (Wildman–Crippen LogP) is 8.46. The van der Waals surface area contributed by atoms with Gasteiger partial charge in [-0.1, -0.05) is 113 Å². The molecule has 0 N–H and O–H groups in total. The Labute approximate surface area is 196 Å². The van der Waals surface area contributed by atoms with E-state index in [1.165, 1.54) is 55.6 Å². The summed E-state index contributed by atoms with van der Waals surface area (Å²) in [5.41, 5.74) is 13.1. The normalized spacial score (nSPS) is 17.0. The van der Waals surface area contributed by atoms with Gasteiger partial charge in [0.25, 0.3) is 0 Å². The van der Waals surface area contributed by atoms with Gasteiger partial charge in [-0.2, -0.15) is 0 Å². The van der Waals surface area contributed by atoms with E-state index in [1.54, 1.807) is 0 Å². The molecule has 0 aromatic heterocycles. The molecule has 0 amide bonds. The standard InChI is InChI=1S/C31H19Br/c32-22-15-17-30-26(19-22)24-11-5-7-13-28(24)31(30)27-12-6-4-10-23(27)25-18-21(14-16-29(25)31)20-8-2-1-3-9-20/h1-19H. The molecule has 2 aliphatic carbocycles.